The molecule has 0 spiro atoms. The molecule has 1 aliphatic rings. The summed E-state index contributed by atoms with van der Waals surface area (Å²) >= 11 is 5.56. The number of carbonyl (C=O) groups excluding carboxylic acids is 2. The fourth-order valence-corrected chi connectivity index (χ4v) is 3.10. The van der Waals surface area contributed by atoms with Crippen LogP contribution in [0, 0.1) is 0 Å². The van der Waals surface area contributed by atoms with Crippen LogP contribution in [0.2, 0.25) is 5.02 Å². The van der Waals surface area contributed by atoms with Gasteiger partial charge in [0.2, 0.25) is 18.6 Å². The summed E-state index contributed by atoms with van der Waals surface area (Å²) in [4.78, 5) is 25.7. The summed E-state index contributed by atoms with van der Waals surface area (Å²) in [5.41, 5.74) is -0.258. The van der Waals surface area contributed by atoms with Crippen molar-refractivity contribution >= 4 is 29.1 Å². The number of benzene rings is 2. The maximum Gasteiger partial charge on any atom is 0.417 e. The van der Waals surface area contributed by atoms with E-state index in [1.165, 1.54) is 11.0 Å². The van der Waals surface area contributed by atoms with Crippen LogP contribution in [-0.4, -0.2) is 43.6 Å². The lowest BCUT2D eigenvalue weighted by Gasteiger charge is -2.17. The molecule has 0 fully saturated rings. The van der Waals surface area contributed by atoms with Gasteiger partial charge in [0.25, 0.3) is 0 Å². The molecule has 0 aromatic heterocycles. The van der Waals surface area contributed by atoms with E-state index in [4.69, 9.17) is 21.1 Å². The third-order valence-electron chi connectivity index (χ3n) is 4.31. The van der Waals surface area contributed by atoms with Crippen molar-refractivity contribution in [1.29, 1.82) is 0 Å². The van der Waals surface area contributed by atoms with Gasteiger partial charge in [-0.15, -0.1) is 0 Å². The molecule has 31 heavy (non-hydrogen) atoms. The molecule has 166 valence electrons. The molecule has 0 atom stereocenters. The smallest absolute Gasteiger partial charge is 0.417 e. The fraction of sp³-hybridized carbons (Fsp3) is 0.300. The van der Waals surface area contributed by atoms with Crippen LogP contribution in [0.25, 0.3) is 0 Å². The number of nitrogens with zero attached hydrogens (tertiary/aromatic N) is 1. The van der Waals surface area contributed by atoms with E-state index in [0.29, 0.717) is 11.5 Å². The second-order valence-electron chi connectivity index (χ2n) is 6.88. The van der Waals surface area contributed by atoms with Crippen molar-refractivity contribution in [2.75, 3.05) is 32.2 Å². The number of anilines is 1. The number of likely N-dealkylation sites (N-methyl/N-ethyl adjacent to an activating group) is 1. The molecular weight excluding hydrogens is 439 g/mol. The van der Waals surface area contributed by atoms with Gasteiger partial charge < -0.3 is 20.1 Å². The number of alkyl halides is 3. The first-order valence-corrected chi connectivity index (χ1v) is 9.50. The molecule has 3 rings (SSSR count). The van der Waals surface area contributed by atoms with Gasteiger partial charge in [0, 0.05) is 12.2 Å². The number of halogens is 4. The molecule has 0 aliphatic carbocycles. The summed E-state index contributed by atoms with van der Waals surface area (Å²) in [6.07, 6.45) is -4.63. The van der Waals surface area contributed by atoms with Crippen molar-refractivity contribution in [3.8, 4) is 11.5 Å². The Morgan fingerprint density at radius 2 is 1.77 bits per heavy atom. The molecule has 2 N–H and O–H groups in total. The second kappa shape index (κ2) is 9.44. The largest absolute Gasteiger partial charge is 0.454 e. The van der Waals surface area contributed by atoms with Crippen LogP contribution in [-0.2, 0) is 22.3 Å². The van der Waals surface area contributed by atoms with Crippen molar-refractivity contribution in [2.45, 2.75) is 12.7 Å². The maximum atomic E-state index is 12.9. The number of carbonyl (C=O) groups is 2. The molecule has 0 saturated carbocycles. The fourth-order valence-electron chi connectivity index (χ4n) is 2.87. The lowest BCUT2D eigenvalue weighted by Crippen LogP contribution is -2.38. The molecule has 0 unspecified atom stereocenters. The van der Waals surface area contributed by atoms with Crippen LogP contribution in [0.3, 0.4) is 0 Å². The van der Waals surface area contributed by atoms with Gasteiger partial charge in [0.1, 0.15) is 0 Å². The highest BCUT2D eigenvalue weighted by Gasteiger charge is 2.33. The minimum atomic E-state index is -4.63. The van der Waals surface area contributed by atoms with E-state index in [9.17, 15) is 22.8 Å². The molecule has 2 amide bonds. The number of ether oxygens (including phenoxy) is 2. The molecule has 11 heteroatoms. The minimum Gasteiger partial charge on any atom is -0.454 e. The average molecular weight is 458 g/mol. The summed E-state index contributed by atoms with van der Waals surface area (Å²) in [5, 5.41) is 4.64. The van der Waals surface area contributed by atoms with Crippen LogP contribution < -0.4 is 20.1 Å². The molecule has 2 aromatic carbocycles. The lowest BCUT2D eigenvalue weighted by molar-refractivity contribution is -0.137. The first kappa shape index (κ1) is 22.7. The van der Waals surface area contributed by atoms with Crippen LogP contribution >= 0.6 is 11.6 Å². The summed E-state index contributed by atoms with van der Waals surface area (Å²) in [7, 11) is 1.54. The number of nitrogens with one attached hydrogen (secondary N) is 2. The average Bonchev–Trinajstić information content (AvgIpc) is 3.14. The zero-order valence-corrected chi connectivity index (χ0v) is 17.1. The third-order valence-corrected chi connectivity index (χ3v) is 4.64. The van der Waals surface area contributed by atoms with E-state index in [-0.39, 0.29) is 38.0 Å². The molecule has 7 nitrogen and oxygen atoms in total. The zero-order chi connectivity index (χ0) is 22.6. The van der Waals surface area contributed by atoms with Crippen LogP contribution in [0.15, 0.2) is 36.4 Å². The van der Waals surface area contributed by atoms with Crippen molar-refractivity contribution < 1.29 is 32.2 Å². The lowest BCUT2D eigenvalue weighted by atomic mass is 10.2. The quantitative estimate of drug-likeness (QED) is 0.667. The first-order chi connectivity index (χ1) is 14.6. The van der Waals surface area contributed by atoms with E-state index < -0.39 is 22.7 Å². The van der Waals surface area contributed by atoms with Crippen molar-refractivity contribution in [3.63, 3.8) is 0 Å². The van der Waals surface area contributed by atoms with E-state index in [1.807, 2.05) is 0 Å². The van der Waals surface area contributed by atoms with Crippen LogP contribution in [0.4, 0.5) is 18.9 Å². The maximum absolute atomic E-state index is 12.9. The number of fused-ring (bicyclic) bond motifs is 1. The van der Waals surface area contributed by atoms with Crippen molar-refractivity contribution in [2.24, 2.45) is 0 Å². The van der Waals surface area contributed by atoms with Gasteiger partial charge >= 0.3 is 6.18 Å². The Hall–Kier alpha value is -2.98. The molecule has 0 saturated heterocycles. The van der Waals surface area contributed by atoms with Gasteiger partial charge in [-0.3, -0.25) is 14.5 Å². The normalized spacial score (nSPS) is 12.7. The van der Waals surface area contributed by atoms with Gasteiger partial charge in [0.05, 0.1) is 23.7 Å². The molecular formula is C20H19ClF3N3O4. The van der Waals surface area contributed by atoms with Crippen molar-refractivity contribution in [1.82, 2.24) is 10.2 Å². The standard InChI is InChI=1S/C20H19ClF3N3O4/c1-27(9-18(28)25-8-12-2-5-16-17(6-12)31-11-30-16)10-19(29)26-13-3-4-15(21)14(7-13)20(22,23)24/h2-7H,8-11H2,1H3,(H,25,28)(H,26,29). The predicted octanol–water partition coefficient (Wildman–Crippen LogP) is 3.27. The Balaban J connectivity index is 1.46. The van der Waals surface area contributed by atoms with E-state index >= 15 is 0 Å². The molecule has 1 heterocycles. The molecule has 1 aliphatic heterocycles. The highest BCUT2D eigenvalue weighted by molar-refractivity contribution is 6.31. The molecule has 0 radical (unpaired) electrons. The topological polar surface area (TPSA) is 79.9 Å². The number of rotatable bonds is 7. The van der Waals surface area contributed by atoms with Crippen LogP contribution in [0.5, 0.6) is 11.5 Å². The number of hydrogen-bond acceptors (Lipinski definition) is 5. The van der Waals surface area contributed by atoms with Gasteiger partial charge in [-0.05, 0) is 42.9 Å². The van der Waals surface area contributed by atoms with Gasteiger partial charge in [-0.25, -0.2) is 0 Å². The SMILES string of the molecule is CN(CC(=O)NCc1ccc2c(c1)OCO2)CC(=O)Nc1ccc(Cl)c(C(F)(F)F)c1. The zero-order valence-electron chi connectivity index (χ0n) is 16.4. The molecule has 0 bridgehead atoms. The summed E-state index contributed by atoms with van der Waals surface area (Å²) in [6, 6.07) is 8.41. The summed E-state index contributed by atoms with van der Waals surface area (Å²) < 4.78 is 49.3. The Morgan fingerprint density at radius 3 is 2.52 bits per heavy atom. The van der Waals surface area contributed by atoms with Crippen molar-refractivity contribution in [3.05, 3.63) is 52.5 Å². The first-order valence-electron chi connectivity index (χ1n) is 9.12. The Labute approximate surface area is 181 Å². The monoisotopic (exact) mass is 457 g/mol. The highest BCUT2D eigenvalue weighted by Crippen LogP contribution is 2.36. The summed E-state index contributed by atoms with van der Waals surface area (Å²) in [6.45, 7) is 0.153. The predicted molar refractivity (Wildman–Crippen MR) is 107 cm³/mol. The Morgan fingerprint density at radius 1 is 1.06 bits per heavy atom. The Bertz CT molecular complexity index is 985. The van der Waals surface area contributed by atoms with Crippen LogP contribution in [0.1, 0.15) is 11.1 Å². The Kier molecular flexibility index (Phi) is 6.91. The molecule has 2 aromatic rings. The third kappa shape index (κ3) is 6.25. The highest BCUT2D eigenvalue weighted by atomic mass is 35.5. The van der Waals surface area contributed by atoms with E-state index in [0.717, 1.165) is 17.7 Å². The minimum absolute atomic E-state index is 0.0395. The van der Waals surface area contributed by atoms with E-state index in [1.54, 1.807) is 25.2 Å². The van der Waals surface area contributed by atoms with Gasteiger partial charge in [0.15, 0.2) is 11.5 Å². The second-order valence-corrected chi connectivity index (χ2v) is 7.28. The van der Waals surface area contributed by atoms with E-state index in [2.05, 4.69) is 10.6 Å². The van der Waals surface area contributed by atoms with Gasteiger partial charge in [-0.2, -0.15) is 13.2 Å². The number of hydrogen-bond donors (Lipinski definition) is 2. The number of amides is 2. The van der Waals surface area contributed by atoms with Gasteiger partial charge in [-0.1, -0.05) is 17.7 Å². The summed E-state index contributed by atoms with van der Waals surface area (Å²) in [5.74, 6) is 0.362.